The molecule has 0 saturated carbocycles. The topological polar surface area (TPSA) is 67.6 Å². The molecule has 2 aromatic rings. The van der Waals surface area contributed by atoms with Crippen LogP contribution in [0.5, 0.6) is 5.75 Å². The van der Waals surface area contributed by atoms with Crippen LogP contribution in [-0.2, 0) is 0 Å². The molecule has 1 unspecified atom stereocenters. The molecule has 0 spiro atoms. The monoisotopic (exact) mass is 363 g/mol. The number of primary amides is 1. The van der Waals surface area contributed by atoms with E-state index in [0.717, 1.165) is 42.2 Å². The number of benzene rings is 2. The number of nitrogens with two attached hydrogens (primary N) is 1. The highest BCUT2D eigenvalue weighted by Crippen LogP contribution is 2.43. The first-order valence-corrected chi connectivity index (χ1v) is 9.49. The fourth-order valence-electron chi connectivity index (χ4n) is 4.15. The van der Waals surface area contributed by atoms with Crippen molar-refractivity contribution in [2.24, 2.45) is 11.7 Å². The van der Waals surface area contributed by atoms with Crippen LogP contribution in [0.3, 0.4) is 0 Å². The van der Waals surface area contributed by atoms with E-state index in [1.807, 2.05) is 30.3 Å². The van der Waals surface area contributed by atoms with Gasteiger partial charge in [0.1, 0.15) is 5.75 Å². The Morgan fingerprint density at radius 2 is 2.00 bits per heavy atom. The standard InChI is InChI=1S/C22H25N3O2/c1-27-17-11-9-16(10-12-17)24-21-18(22(23)26)6-4-8-20(21)25-14-13-15-5-2-3-7-19(15)25/h4,6-12,15,24H,2-3,5,13-14H2,1H3,(H2,23,26). The summed E-state index contributed by atoms with van der Waals surface area (Å²) in [6.07, 6.45) is 7.16. The van der Waals surface area contributed by atoms with Crippen LogP contribution in [0.25, 0.3) is 0 Å². The van der Waals surface area contributed by atoms with E-state index in [4.69, 9.17) is 10.5 Å². The summed E-state index contributed by atoms with van der Waals surface area (Å²) in [6, 6.07) is 13.4. The lowest BCUT2D eigenvalue weighted by atomic mass is 9.92. The Balaban J connectivity index is 1.74. The molecule has 1 amide bonds. The third-order valence-electron chi connectivity index (χ3n) is 5.50. The summed E-state index contributed by atoms with van der Waals surface area (Å²) in [6.45, 7) is 0.968. The van der Waals surface area contributed by atoms with E-state index >= 15 is 0 Å². The summed E-state index contributed by atoms with van der Waals surface area (Å²) in [5, 5.41) is 3.42. The molecule has 1 saturated heterocycles. The summed E-state index contributed by atoms with van der Waals surface area (Å²) < 4.78 is 5.23. The van der Waals surface area contributed by atoms with E-state index in [-0.39, 0.29) is 0 Å². The number of nitrogens with one attached hydrogen (secondary N) is 1. The number of amides is 1. The van der Waals surface area contributed by atoms with E-state index in [1.54, 1.807) is 13.2 Å². The zero-order valence-electron chi connectivity index (χ0n) is 15.6. The van der Waals surface area contributed by atoms with Gasteiger partial charge in [-0.15, -0.1) is 0 Å². The third kappa shape index (κ3) is 3.37. The molecule has 1 heterocycles. The number of allylic oxidation sites excluding steroid dienone is 2. The zero-order chi connectivity index (χ0) is 18.8. The average Bonchev–Trinajstić information content (AvgIpc) is 3.12. The molecule has 140 valence electrons. The van der Waals surface area contributed by atoms with Crippen molar-refractivity contribution in [1.82, 2.24) is 0 Å². The highest BCUT2D eigenvalue weighted by molar-refractivity contribution is 6.03. The van der Waals surface area contributed by atoms with Gasteiger partial charge in [-0.2, -0.15) is 0 Å². The number of para-hydroxylation sites is 1. The van der Waals surface area contributed by atoms with E-state index in [2.05, 4.69) is 22.4 Å². The maximum absolute atomic E-state index is 12.1. The van der Waals surface area contributed by atoms with E-state index < -0.39 is 5.91 Å². The summed E-state index contributed by atoms with van der Waals surface area (Å²) >= 11 is 0. The van der Waals surface area contributed by atoms with Crippen LogP contribution in [0.2, 0.25) is 0 Å². The van der Waals surface area contributed by atoms with Crippen LogP contribution < -0.4 is 20.7 Å². The van der Waals surface area contributed by atoms with Crippen molar-refractivity contribution in [3.63, 3.8) is 0 Å². The largest absolute Gasteiger partial charge is 0.497 e. The minimum atomic E-state index is -0.429. The van der Waals surface area contributed by atoms with Gasteiger partial charge in [0.25, 0.3) is 5.91 Å². The molecule has 1 atom stereocenters. The number of methoxy groups -OCH3 is 1. The molecule has 1 fully saturated rings. The van der Waals surface area contributed by atoms with E-state index in [9.17, 15) is 4.79 Å². The first-order valence-electron chi connectivity index (χ1n) is 9.49. The third-order valence-corrected chi connectivity index (χ3v) is 5.50. The van der Waals surface area contributed by atoms with Crippen LogP contribution >= 0.6 is 0 Å². The second-order valence-electron chi connectivity index (χ2n) is 7.11. The minimum Gasteiger partial charge on any atom is -0.497 e. The lowest BCUT2D eigenvalue weighted by Gasteiger charge is -2.28. The second-order valence-corrected chi connectivity index (χ2v) is 7.11. The van der Waals surface area contributed by atoms with Gasteiger partial charge in [0.05, 0.1) is 24.0 Å². The Hall–Kier alpha value is -2.95. The Bertz CT molecular complexity index is 874. The number of fused-ring (bicyclic) bond motifs is 1. The predicted octanol–water partition coefficient (Wildman–Crippen LogP) is 4.43. The Kier molecular flexibility index (Phi) is 4.75. The number of anilines is 3. The molecular weight excluding hydrogens is 338 g/mol. The predicted molar refractivity (Wildman–Crippen MR) is 109 cm³/mol. The van der Waals surface area contributed by atoms with Gasteiger partial charge >= 0.3 is 0 Å². The smallest absolute Gasteiger partial charge is 0.250 e. The highest BCUT2D eigenvalue weighted by Gasteiger charge is 2.32. The van der Waals surface area contributed by atoms with Gasteiger partial charge in [0, 0.05) is 23.8 Å². The molecule has 4 rings (SSSR count). The first kappa shape index (κ1) is 17.5. The molecule has 3 N–H and O–H groups in total. The molecule has 5 nitrogen and oxygen atoms in total. The minimum absolute atomic E-state index is 0.429. The van der Waals surface area contributed by atoms with Gasteiger partial charge in [-0.1, -0.05) is 12.1 Å². The van der Waals surface area contributed by atoms with Crippen LogP contribution in [-0.4, -0.2) is 19.6 Å². The van der Waals surface area contributed by atoms with Crippen LogP contribution in [0.4, 0.5) is 17.1 Å². The Morgan fingerprint density at radius 1 is 1.19 bits per heavy atom. The lowest BCUT2D eigenvalue weighted by Crippen LogP contribution is -2.22. The molecule has 1 aliphatic heterocycles. The number of hydrogen-bond donors (Lipinski definition) is 2. The summed E-state index contributed by atoms with van der Waals surface area (Å²) in [4.78, 5) is 14.4. The number of carbonyl (C=O) groups excluding carboxylic acids is 1. The highest BCUT2D eigenvalue weighted by atomic mass is 16.5. The average molecular weight is 363 g/mol. The van der Waals surface area contributed by atoms with Crippen molar-refractivity contribution >= 4 is 23.0 Å². The summed E-state index contributed by atoms with van der Waals surface area (Å²) in [7, 11) is 1.64. The number of ether oxygens (including phenoxy) is 1. The number of nitrogens with zero attached hydrogens (tertiary/aromatic N) is 1. The van der Waals surface area contributed by atoms with Crippen LogP contribution in [0.1, 0.15) is 36.0 Å². The van der Waals surface area contributed by atoms with Crippen molar-refractivity contribution in [1.29, 1.82) is 0 Å². The van der Waals surface area contributed by atoms with Gasteiger partial charge in [-0.3, -0.25) is 4.79 Å². The molecule has 2 aliphatic rings. The van der Waals surface area contributed by atoms with Gasteiger partial charge in [-0.25, -0.2) is 0 Å². The fourth-order valence-corrected chi connectivity index (χ4v) is 4.15. The zero-order valence-corrected chi connectivity index (χ0v) is 15.6. The lowest BCUT2D eigenvalue weighted by molar-refractivity contribution is 0.100. The molecule has 5 heteroatoms. The van der Waals surface area contributed by atoms with Crippen molar-refractivity contribution in [3.8, 4) is 5.75 Å². The van der Waals surface area contributed by atoms with Crippen molar-refractivity contribution in [2.75, 3.05) is 23.9 Å². The summed E-state index contributed by atoms with van der Waals surface area (Å²) in [5.41, 5.74) is 10.2. The number of carbonyl (C=O) groups is 1. The number of rotatable bonds is 5. The normalized spacial score (nSPS) is 18.6. The van der Waals surface area contributed by atoms with Gasteiger partial charge < -0.3 is 20.7 Å². The number of hydrogen-bond acceptors (Lipinski definition) is 4. The van der Waals surface area contributed by atoms with Gasteiger partial charge in [-0.05, 0) is 62.1 Å². The Morgan fingerprint density at radius 3 is 2.74 bits per heavy atom. The van der Waals surface area contributed by atoms with E-state index in [1.165, 1.54) is 18.5 Å². The summed E-state index contributed by atoms with van der Waals surface area (Å²) in [5.74, 6) is 0.991. The van der Waals surface area contributed by atoms with Gasteiger partial charge in [0.15, 0.2) is 0 Å². The SMILES string of the molecule is COc1ccc(Nc2c(C(N)=O)cccc2N2CCC3CCCC=C32)cc1. The molecular formula is C22H25N3O2. The first-order chi connectivity index (χ1) is 13.2. The van der Waals surface area contributed by atoms with Crippen molar-refractivity contribution in [2.45, 2.75) is 25.7 Å². The molecule has 1 aliphatic carbocycles. The molecule has 27 heavy (non-hydrogen) atoms. The van der Waals surface area contributed by atoms with E-state index in [0.29, 0.717) is 11.5 Å². The Labute approximate surface area is 159 Å². The van der Waals surface area contributed by atoms with Crippen molar-refractivity contribution in [3.05, 3.63) is 59.8 Å². The molecule has 0 bridgehead atoms. The molecule has 0 radical (unpaired) electrons. The van der Waals surface area contributed by atoms with Gasteiger partial charge in [0.2, 0.25) is 0 Å². The van der Waals surface area contributed by atoms with Crippen molar-refractivity contribution < 1.29 is 9.53 Å². The molecule has 0 aromatic heterocycles. The maximum Gasteiger partial charge on any atom is 0.250 e. The second kappa shape index (κ2) is 7.35. The quantitative estimate of drug-likeness (QED) is 0.824. The van der Waals surface area contributed by atoms with Crippen LogP contribution in [0.15, 0.2) is 54.2 Å². The maximum atomic E-state index is 12.1. The van der Waals surface area contributed by atoms with Crippen LogP contribution in [0, 0.1) is 5.92 Å². The fraction of sp³-hybridized carbons (Fsp3) is 0.318. The molecule has 2 aromatic carbocycles.